The Kier molecular flexibility index (Phi) is 13.6. The third-order valence-corrected chi connectivity index (χ3v) is 4.45. The minimum atomic E-state index is -0.842. The molecule has 0 saturated carbocycles. The van der Waals surface area contributed by atoms with Gasteiger partial charge in [0, 0.05) is 39.3 Å². The predicted octanol–water partition coefficient (Wildman–Crippen LogP) is 2.44. The first kappa shape index (κ1) is 27.7. The van der Waals surface area contributed by atoms with Crippen LogP contribution in [0, 0.1) is 0 Å². The van der Waals surface area contributed by atoms with Crippen LogP contribution in [0.2, 0.25) is 0 Å². The number of nitrogens with two attached hydrogens (primary N) is 1. The van der Waals surface area contributed by atoms with Crippen LogP contribution in [-0.4, -0.2) is 54.0 Å². The molecule has 0 aromatic heterocycles. The summed E-state index contributed by atoms with van der Waals surface area (Å²) >= 11 is 0. The Bertz CT molecular complexity index is 529. The Labute approximate surface area is 176 Å². The van der Waals surface area contributed by atoms with Crippen molar-refractivity contribution in [1.29, 1.82) is 0 Å². The average Bonchev–Trinajstić information content (AvgIpc) is 2.53. The maximum atomic E-state index is 12.0. The van der Waals surface area contributed by atoms with Crippen LogP contribution in [-0.2, 0) is 17.9 Å². The van der Waals surface area contributed by atoms with E-state index in [9.17, 15) is 4.79 Å². The summed E-state index contributed by atoms with van der Waals surface area (Å²) < 4.78 is 0. The lowest BCUT2D eigenvalue weighted by molar-refractivity contribution is -0.125. The molecule has 152 valence electrons. The molecular formula is C18H33Cl3N4O. The summed E-state index contributed by atoms with van der Waals surface area (Å²) in [5.41, 5.74) is 7.44. The standard InChI is InChI=1S/C18H30N4O.3ClH/c1-4-21-9-11-22(12-10-21)14-16-8-6-5-7-15(16)13-20-17(23)18(2,3)19;;;/h5-8H,4,9-14,19H2,1-3H3,(H,20,23);3*1H. The highest BCUT2D eigenvalue weighted by molar-refractivity contribution is 5.86. The normalized spacial score (nSPS) is 15.2. The van der Waals surface area contributed by atoms with E-state index in [1.807, 2.05) is 6.07 Å². The number of hydrogen-bond donors (Lipinski definition) is 2. The van der Waals surface area contributed by atoms with Gasteiger partial charge in [0.1, 0.15) is 0 Å². The van der Waals surface area contributed by atoms with Crippen LogP contribution < -0.4 is 11.1 Å². The average molecular weight is 428 g/mol. The molecule has 1 saturated heterocycles. The zero-order valence-electron chi connectivity index (χ0n) is 15.9. The molecule has 0 spiro atoms. The van der Waals surface area contributed by atoms with E-state index in [2.05, 4.69) is 40.2 Å². The van der Waals surface area contributed by atoms with Crippen LogP contribution in [0.15, 0.2) is 24.3 Å². The van der Waals surface area contributed by atoms with Gasteiger partial charge >= 0.3 is 0 Å². The van der Waals surface area contributed by atoms with Gasteiger partial charge in [-0.2, -0.15) is 0 Å². The van der Waals surface area contributed by atoms with Gasteiger partial charge in [0.15, 0.2) is 0 Å². The van der Waals surface area contributed by atoms with Crippen LogP contribution in [0.4, 0.5) is 0 Å². The number of benzene rings is 1. The summed E-state index contributed by atoms with van der Waals surface area (Å²) in [6.45, 7) is 12.7. The van der Waals surface area contributed by atoms with Gasteiger partial charge in [-0.15, -0.1) is 37.2 Å². The van der Waals surface area contributed by atoms with Crippen molar-refractivity contribution >= 4 is 43.1 Å². The molecule has 8 heteroatoms. The van der Waals surface area contributed by atoms with Gasteiger partial charge in [-0.25, -0.2) is 0 Å². The number of nitrogens with zero attached hydrogens (tertiary/aromatic N) is 2. The highest BCUT2D eigenvalue weighted by Gasteiger charge is 2.22. The molecular weight excluding hydrogens is 395 g/mol. The van der Waals surface area contributed by atoms with E-state index in [4.69, 9.17) is 5.73 Å². The second-order valence-corrected chi connectivity index (χ2v) is 6.88. The van der Waals surface area contributed by atoms with E-state index in [1.54, 1.807) is 13.8 Å². The zero-order chi connectivity index (χ0) is 16.9. The molecule has 1 amide bonds. The van der Waals surface area contributed by atoms with E-state index < -0.39 is 5.54 Å². The number of carbonyl (C=O) groups is 1. The topological polar surface area (TPSA) is 61.6 Å². The molecule has 1 aromatic rings. The first-order valence-corrected chi connectivity index (χ1v) is 8.49. The Morgan fingerprint density at radius 2 is 1.54 bits per heavy atom. The molecule has 1 aromatic carbocycles. The molecule has 26 heavy (non-hydrogen) atoms. The van der Waals surface area contributed by atoms with Crippen molar-refractivity contribution in [3.05, 3.63) is 35.4 Å². The first-order chi connectivity index (χ1) is 10.9. The predicted molar refractivity (Wildman–Crippen MR) is 116 cm³/mol. The van der Waals surface area contributed by atoms with Crippen LogP contribution in [0.5, 0.6) is 0 Å². The fourth-order valence-corrected chi connectivity index (χ4v) is 2.79. The van der Waals surface area contributed by atoms with E-state index in [1.165, 1.54) is 11.1 Å². The maximum absolute atomic E-state index is 12.0. The van der Waals surface area contributed by atoms with E-state index in [0.717, 1.165) is 39.3 Å². The molecule has 1 fully saturated rings. The fraction of sp³-hybridized carbons (Fsp3) is 0.611. The molecule has 1 aliphatic heterocycles. The monoisotopic (exact) mass is 426 g/mol. The van der Waals surface area contributed by atoms with E-state index in [0.29, 0.717) is 6.54 Å². The third kappa shape index (κ3) is 8.42. The number of carbonyl (C=O) groups excluding carboxylic acids is 1. The molecule has 5 nitrogen and oxygen atoms in total. The van der Waals surface area contributed by atoms with Crippen LogP contribution >= 0.6 is 37.2 Å². The van der Waals surface area contributed by atoms with Crippen molar-refractivity contribution in [2.24, 2.45) is 5.73 Å². The number of amides is 1. The van der Waals surface area contributed by atoms with Gasteiger partial charge in [-0.1, -0.05) is 31.2 Å². The SMILES string of the molecule is CCN1CCN(Cc2ccccc2CNC(=O)C(C)(C)N)CC1.Cl.Cl.Cl. The van der Waals surface area contributed by atoms with Gasteiger partial charge in [0.05, 0.1) is 5.54 Å². The highest BCUT2D eigenvalue weighted by Crippen LogP contribution is 2.14. The van der Waals surface area contributed by atoms with Crippen molar-refractivity contribution in [1.82, 2.24) is 15.1 Å². The maximum Gasteiger partial charge on any atom is 0.239 e. The van der Waals surface area contributed by atoms with E-state index in [-0.39, 0.29) is 43.1 Å². The van der Waals surface area contributed by atoms with E-state index >= 15 is 0 Å². The Balaban J connectivity index is 0. The lowest BCUT2D eigenvalue weighted by Gasteiger charge is -2.34. The molecule has 1 aliphatic rings. The minimum Gasteiger partial charge on any atom is -0.350 e. The third-order valence-electron chi connectivity index (χ3n) is 4.45. The smallest absolute Gasteiger partial charge is 0.239 e. The molecule has 3 N–H and O–H groups in total. The molecule has 1 heterocycles. The summed E-state index contributed by atoms with van der Waals surface area (Å²) in [5, 5.41) is 2.94. The summed E-state index contributed by atoms with van der Waals surface area (Å²) in [6.07, 6.45) is 0. The van der Waals surface area contributed by atoms with Crippen LogP contribution in [0.1, 0.15) is 31.9 Å². The number of nitrogens with one attached hydrogen (secondary N) is 1. The number of rotatable bonds is 6. The lowest BCUT2D eigenvalue weighted by Crippen LogP contribution is -2.49. The molecule has 0 radical (unpaired) electrons. The summed E-state index contributed by atoms with van der Waals surface area (Å²) in [5.74, 6) is -0.121. The molecule has 0 aliphatic carbocycles. The van der Waals surface area contributed by atoms with Gasteiger partial charge in [0.25, 0.3) is 0 Å². The van der Waals surface area contributed by atoms with Crippen molar-refractivity contribution in [2.75, 3.05) is 32.7 Å². The summed E-state index contributed by atoms with van der Waals surface area (Å²) in [4.78, 5) is 16.9. The number of halogens is 3. The first-order valence-electron chi connectivity index (χ1n) is 8.49. The van der Waals surface area contributed by atoms with Gasteiger partial charge in [-0.05, 0) is 31.5 Å². The minimum absolute atomic E-state index is 0. The van der Waals surface area contributed by atoms with Gasteiger partial charge in [0.2, 0.25) is 5.91 Å². The van der Waals surface area contributed by atoms with Gasteiger partial charge in [-0.3, -0.25) is 9.69 Å². The Hall–Kier alpha value is -0.560. The number of hydrogen-bond acceptors (Lipinski definition) is 4. The van der Waals surface area contributed by atoms with Crippen molar-refractivity contribution < 1.29 is 4.79 Å². The Morgan fingerprint density at radius 1 is 1.04 bits per heavy atom. The second kappa shape index (κ2) is 12.8. The Morgan fingerprint density at radius 3 is 2.04 bits per heavy atom. The quantitative estimate of drug-likeness (QED) is 0.732. The van der Waals surface area contributed by atoms with Crippen LogP contribution in [0.25, 0.3) is 0 Å². The molecule has 0 atom stereocenters. The van der Waals surface area contributed by atoms with Crippen molar-refractivity contribution in [3.63, 3.8) is 0 Å². The van der Waals surface area contributed by atoms with Crippen molar-refractivity contribution in [2.45, 2.75) is 39.4 Å². The van der Waals surface area contributed by atoms with Crippen LogP contribution in [0.3, 0.4) is 0 Å². The number of piperazine rings is 1. The molecule has 0 unspecified atom stereocenters. The largest absolute Gasteiger partial charge is 0.350 e. The highest BCUT2D eigenvalue weighted by atomic mass is 35.5. The zero-order valence-corrected chi connectivity index (χ0v) is 18.3. The summed E-state index contributed by atoms with van der Waals surface area (Å²) in [7, 11) is 0. The summed E-state index contributed by atoms with van der Waals surface area (Å²) in [6, 6.07) is 8.33. The lowest BCUT2D eigenvalue weighted by atomic mass is 10.0. The number of likely N-dealkylation sites (N-methyl/N-ethyl adjacent to an activating group) is 1. The molecule has 0 bridgehead atoms. The van der Waals surface area contributed by atoms with Crippen molar-refractivity contribution in [3.8, 4) is 0 Å². The molecule has 2 rings (SSSR count). The second-order valence-electron chi connectivity index (χ2n) is 6.88. The fourth-order valence-electron chi connectivity index (χ4n) is 2.79. The van der Waals surface area contributed by atoms with Gasteiger partial charge < -0.3 is 16.0 Å².